The van der Waals surface area contributed by atoms with Crippen LogP contribution < -0.4 is 15.5 Å². The lowest BCUT2D eigenvalue weighted by Crippen LogP contribution is -2.22. The quantitative estimate of drug-likeness (QED) is 0.467. The topological polar surface area (TPSA) is 68.5 Å². The highest BCUT2D eigenvalue weighted by Crippen LogP contribution is 2.32. The highest BCUT2D eigenvalue weighted by atomic mass is 35.5. The smallest absolute Gasteiger partial charge is 0.262 e. The third-order valence-corrected chi connectivity index (χ3v) is 4.98. The molecular weight excluding hydrogens is 402 g/mol. The molecule has 0 aliphatic carbocycles. The van der Waals surface area contributed by atoms with Gasteiger partial charge in [0.1, 0.15) is 5.58 Å². The van der Waals surface area contributed by atoms with E-state index in [0.717, 1.165) is 5.56 Å². The van der Waals surface area contributed by atoms with Crippen LogP contribution in [0.4, 0.5) is 5.69 Å². The van der Waals surface area contributed by atoms with Crippen molar-refractivity contribution in [3.05, 3.63) is 93.6 Å². The Kier molecular flexibility index (Phi) is 5.55. The molecule has 4 rings (SSSR count). The highest BCUT2D eigenvalue weighted by molar-refractivity contribution is 6.32. The molecule has 0 unspecified atom stereocenters. The monoisotopic (exact) mass is 419 g/mol. The van der Waals surface area contributed by atoms with Gasteiger partial charge >= 0.3 is 0 Å². The molecule has 3 aromatic carbocycles. The standard InChI is InChI=1S/C24H18ClNO4/c1-15-12-20-18(13-19(15)25)22(28)24(23(30-20)16-8-4-2-5-9-16)29-14-21(27)26-17-10-6-3-7-11-17/h2-13H,14H2,1H3,(H,26,27). The first-order valence-corrected chi connectivity index (χ1v) is 9.71. The molecule has 0 bridgehead atoms. The zero-order valence-electron chi connectivity index (χ0n) is 16.1. The van der Waals surface area contributed by atoms with Gasteiger partial charge in [-0.2, -0.15) is 0 Å². The summed E-state index contributed by atoms with van der Waals surface area (Å²) in [6.07, 6.45) is 0. The Hall–Kier alpha value is -3.57. The van der Waals surface area contributed by atoms with Crippen molar-refractivity contribution in [1.29, 1.82) is 0 Å². The van der Waals surface area contributed by atoms with E-state index in [0.29, 0.717) is 27.2 Å². The summed E-state index contributed by atoms with van der Waals surface area (Å²) < 4.78 is 11.7. The van der Waals surface area contributed by atoms with Crippen LogP contribution in [0.1, 0.15) is 5.56 Å². The van der Waals surface area contributed by atoms with Crippen molar-refractivity contribution in [3.63, 3.8) is 0 Å². The molecule has 0 spiro atoms. The molecule has 0 aliphatic heterocycles. The van der Waals surface area contributed by atoms with Crippen molar-refractivity contribution < 1.29 is 13.9 Å². The van der Waals surface area contributed by atoms with Crippen molar-refractivity contribution in [1.82, 2.24) is 0 Å². The average molecular weight is 420 g/mol. The Morgan fingerprint density at radius 2 is 1.70 bits per heavy atom. The molecule has 0 aliphatic rings. The van der Waals surface area contributed by atoms with Crippen molar-refractivity contribution >= 4 is 34.2 Å². The summed E-state index contributed by atoms with van der Waals surface area (Å²) in [6.45, 7) is 1.49. The number of carbonyl (C=O) groups is 1. The highest BCUT2D eigenvalue weighted by Gasteiger charge is 2.19. The van der Waals surface area contributed by atoms with Crippen LogP contribution in [0.15, 0.2) is 82.0 Å². The first kappa shape index (κ1) is 19.7. The van der Waals surface area contributed by atoms with E-state index >= 15 is 0 Å². The molecular formula is C24H18ClNO4. The number of carbonyl (C=O) groups excluding carboxylic acids is 1. The molecule has 5 nitrogen and oxygen atoms in total. The molecule has 0 saturated heterocycles. The lowest BCUT2D eigenvalue weighted by Gasteiger charge is -2.12. The number of para-hydroxylation sites is 1. The average Bonchev–Trinajstić information content (AvgIpc) is 2.76. The number of aryl methyl sites for hydroxylation is 1. The van der Waals surface area contributed by atoms with Crippen LogP contribution in [-0.2, 0) is 4.79 Å². The van der Waals surface area contributed by atoms with E-state index in [2.05, 4.69) is 5.32 Å². The van der Waals surface area contributed by atoms with E-state index in [-0.39, 0.29) is 29.5 Å². The van der Waals surface area contributed by atoms with E-state index in [4.69, 9.17) is 20.8 Å². The SMILES string of the molecule is Cc1cc2oc(-c3ccccc3)c(OCC(=O)Nc3ccccc3)c(=O)c2cc1Cl. The number of anilines is 1. The zero-order chi connectivity index (χ0) is 21.1. The van der Waals surface area contributed by atoms with Crippen molar-refractivity contribution in [2.45, 2.75) is 6.92 Å². The van der Waals surface area contributed by atoms with Crippen LogP contribution in [0, 0.1) is 6.92 Å². The number of amides is 1. The van der Waals surface area contributed by atoms with Gasteiger partial charge in [0.2, 0.25) is 11.2 Å². The van der Waals surface area contributed by atoms with E-state index in [9.17, 15) is 9.59 Å². The summed E-state index contributed by atoms with van der Waals surface area (Å²) >= 11 is 6.20. The molecule has 30 heavy (non-hydrogen) atoms. The Morgan fingerprint density at radius 3 is 2.40 bits per heavy atom. The molecule has 6 heteroatoms. The Morgan fingerprint density at radius 1 is 1.03 bits per heavy atom. The van der Waals surface area contributed by atoms with Gasteiger partial charge in [-0.05, 0) is 36.8 Å². The minimum atomic E-state index is -0.387. The van der Waals surface area contributed by atoms with Crippen LogP contribution in [0.25, 0.3) is 22.3 Å². The fourth-order valence-corrected chi connectivity index (χ4v) is 3.23. The largest absolute Gasteiger partial charge is 0.476 e. The number of ether oxygens (including phenoxy) is 1. The fourth-order valence-electron chi connectivity index (χ4n) is 3.07. The second kappa shape index (κ2) is 8.43. The Labute approximate surface area is 177 Å². The molecule has 0 saturated carbocycles. The first-order chi connectivity index (χ1) is 14.5. The van der Waals surface area contributed by atoms with Gasteiger partial charge in [0.15, 0.2) is 12.4 Å². The predicted molar refractivity (Wildman–Crippen MR) is 118 cm³/mol. The summed E-state index contributed by atoms with van der Waals surface area (Å²) in [7, 11) is 0. The van der Waals surface area contributed by atoms with Gasteiger partial charge in [-0.15, -0.1) is 0 Å². The molecule has 0 atom stereocenters. The molecule has 0 radical (unpaired) electrons. The molecule has 1 N–H and O–H groups in total. The van der Waals surface area contributed by atoms with Gasteiger partial charge in [0, 0.05) is 16.3 Å². The minimum Gasteiger partial charge on any atom is -0.476 e. The Bertz CT molecular complexity index is 1270. The van der Waals surface area contributed by atoms with Crippen LogP contribution in [-0.4, -0.2) is 12.5 Å². The number of nitrogens with one attached hydrogen (secondary N) is 1. The van der Waals surface area contributed by atoms with Crippen molar-refractivity contribution in [3.8, 4) is 17.1 Å². The fraction of sp³-hybridized carbons (Fsp3) is 0.0833. The van der Waals surface area contributed by atoms with Crippen LogP contribution in [0.5, 0.6) is 5.75 Å². The number of benzene rings is 3. The normalized spacial score (nSPS) is 10.7. The second-order valence-corrected chi connectivity index (χ2v) is 7.16. The third-order valence-electron chi connectivity index (χ3n) is 4.57. The van der Waals surface area contributed by atoms with Crippen molar-refractivity contribution in [2.24, 2.45) is 0 Å². The first-order valence-electron chi connectivity index (χ1n) is 9.33. The summed E-state index contributed by atoms with van der Waals surface area (Å²) in [4.78, 5) is 25.5. The molecule has 1 amide bonds. The second-order valence-electron chi connectivity index (χ2n) is 6.76. The van der Waals surface area contributed by atoms with E-state index in [1.807, 2.05) is 55.5 Å². The maximum atomic E-state index is 13.2. The van der Waals surface area contributed by atoms with Crippen molar-refractivity contribution in [2.75, 3.05) is 11.9 Å². The Balaban J connectivity index is 1.73. The van der Waals surface area contributed by atoms with Gasteiger partial charge < -0.3 is 14.5 Å². The van der Waals surface area contributed by atoms with Crippen LogP contribution >= 0.6 is 11.6 Å². The number of hydrogen-bond acceptors (Lipinski definition) is 4. The summed E-state index contributed by atoms with van der Waals surface area (Å²) in [5.74, 6) is -0.152. The number of rotatable bonds is 5. The molecule has 1 aromatic heterocycles. The molecule has 1 heterocycles. The summed E-state index contributed by atoms with van der Waals surface area (Å²) in [5, 5.41) is 3.48. The predicted octanol–water partition coefficient (Wildman–Crippen LogP) is 5.44. The van der Waals surface area contributed by atoms with E-state index in [1.165, 1.54) is 0 Å². The van der Waals surface area contributed by atoms with Crippen LogP contribution in [0.3, 0.4) is 0 Å². The molecule has 4 aromatic rings. The lowest BCUT2D eigenvalue weighted by atomic mass is 10.1. The zero-order valence-corrected chi connectivity index (χ0v) is 16.9. The van der Waals surface area contributed by atoms with Gasteiger partial charge in [0.05, 0.1) is 5.39 Å². The lowest BCUT2D eigenvalue weighted by molar-refractivity contribution is -0.118. The number of fused-ring (bicyclic) bond motifs is 1. The summed E-state index contributed by atoms with van der Waals surface area (Å²) in [6, 6.07) is 21.4. The van der Waals surface area contributed by atoms with Gasteiger partial charge in [0.25, 0.3) is 5.91 Å². The van der Waals surface area contributed by atoms with Crippen LogP contribution in [0.2, 0.25) is 5.02 Å². The maximum absolute atomic E-state index is 13.2. The summed E-state index contributed by atoms with van der Waals surface area (Å²) in [5.41, 5.74) is 2.12. The number of hydrogen-bond donors (Lipinski definition) is 1. The third kappa shape index (κ3) is 4.07. The molecule has 0 fully saturated rings. The van der Waals surface area contributed by atoms with E-state index < -0.39 is 0 Å². The molecule has 150 valence electrons. The van der Waals surface area contributed by atoms with Gasteiger partial charge in [-0.3, -0.25) is 9.59 Å². The number of halogens is 1. The minimum absolute atomic E-state index is 0.0307. The van der Waals surface area contributed by atoms with E-state index in [1.54, 1.807) is 24.3 Å². The van der Waals surface area contributed by atoms with Gasteiger partial charge in [-0.25, -0.2) is 0 Å². The maximum Gasteiger partial charge on any atom is 0.262 e. The van der Waals surface area contributed by atoms with Gasteiger partial charge in [-0.1, -0.05) is 60.1 Å².